The van der Waals surface area contributed by atoms with Crippen molar-refractivity contribution in [2.45, 2.75) is 31.0 Å². The Morgan fingerprint density at radius 1 is 1.45 bits per heavy atom. The number of pyridine rings is 1. The van der Waals surface area contributed by atoms with Crippen molar-refractivity contribution in [1.82, 2.24) is 20.2 Å². The number of hydrogen-bond acceptors (Lipinski definition) is 11. The summed E-state index contributed by atoms with van der Waals surface area (Å²) in [6.45, 7) is 1.39. The van der Waals surface area contributed by atoms with Gasteiger partial charge in [-0.25, -0.2) is 19.3 Å². The number of β-lactam (4-membered cyclic amide) rings is 1. The number of thioether (sulfide) groups is 1. The molecule has 40 heavy (non-hydrogen) atoms. The maximum Gasteiger partial charge on any atom is 0.347 e. The second-order valence-corrected chi connectivity index (χ2v) is 11.5. The Hall–Kier alpha value is -4.15. The number of oxime groups is 1. The summed E-state index contributed by atoms with van der Waals surface area (Å²) < 4.78 is 1.83. The molecule has 0 aliphatic carbocycles. The van der Waals surface area contributed by atoms with E-state index in [4.69, 9.17) is 27.3 Å². The lowest BCUT2D eigenvalue weighted by Crippen LogP contribution is -2.71. The van der Waals surface area contributed by atoms with E-state index in [1.165, 1.54) is 18.7 Å². The standard InChI is InChI=1S/C23H20ClN7O7S2/c1-9(21(34)35)38-29-13(12-16(24)40-23(25)28-12)18(32)27-14-19(33)31-15(22(36)37)11(8-39-20(14)31)7-30-6-2-3-10-4-5-26-17(10)30/h2-6,9,14,20H,7-8H2,1H3,(H5,25,27,28,32,34,35,36,37)/b29-13-/t9-,14+,20?/m0/s1. The average molecular weight is 606 g/mol. The molecule has 5 rings (SSSR count). The minimum Gasteiger partial charge on any atom is -0.543 e. The van der Waals surface area contributed by atoms with Gasteiger partial charge >= 0.3 is 5.97 Å². The number of aliphatic carboxylic acids is 2. The Bertz CT molecular complexity index is 1620. The number of carboxylic acids is 2. The molecule has 0 bridgehead atoms. The van der Waals surface area contributed by atoms with Gasteiger partial charge in [0.2, 0.25) is 6.10 Å². The number of anilines is 1. The van der Waals surface area contributed by atoms with Crippen molar-refractivity contribution < 1.29 is 38.8 Å². The number of carbonyl (C=O) groups is 4. The number of hydrogen-bond donors (Lipinski definition) is 4. The molecule has 1 fully saturated rings. The Morgan fingerprint density at radius 2 is 2.23 bits per heavy atom. The molecule has 208 valence electrons. The number of carboxylic acid groups (broad SMARTS) is 2. The van der Waals surface area contributed by atoms with Gasteiger partial charge in [0.05, 0.1) is 29.4 Å². The molecule has 0 spiro atoms. The number of nitrogens with zero attached hydrogens (tertiary/aromatic N) is 4. The highest BCUT2D eigenvalue weighted by atomic mass is 35.5. The molecule has 0 aromatic carbocycles. The first-order chi connectivity index (χ1) is 19.1. The predicted octanol–water partition coefficient (Wildman–Crippen LogP) is -0.555. The van der Waals surface area contributed by atoms with Crippen LogP contribution >= 0.6 is 34.7 Å². The van der Waals surface area contributed by atoms with E-state index in [1.807, 2.05) is 22.8 Å². The summed E-state index contributed by atoms with van der Waals surface area (Å²) in [7, 11) is 0. The maximum absolute atomic E-state index is 13.2. The SMILES string of the molecule is C[C@H](O/N=C(\C(=O)N[C@@H]1C(=O)N2C(C(=O)[O-])=C(C[n+]3cccc4cc[nH]c43)CSC12)c1nc(N)sc1Cl)C(=O)O. The van der Waals surface area contributed by atoms with Crippen LogP contribution in [-0.2, 0) is 30.6 Å². The van der Waals surface area contributed by atoms with Crippen LogP contribution in [0.25, 0.3) is 11.0 Å². The van der Waals surface area contributed by atoms with Gasteiger partial charge in [-0.05, 0) is 25.1 Å². The zero-order valence-corrected chi connectivity index (χ0v) is 22.9. The fourth-order valence-electron chi connectivity index (χ4n) is 4.25. The summed E-state index contributed by atoms with van der Waals surface area (Å²) in [5.41, 5.74) is 6.02. The number of nitrogens with one attached hydrogen (secondary N) is 2. The lowest BCUT2D eigenvalue weighted by molar-refractivity contribution is -0.664. The Labute approximate surface area is 238 Å². The molecule has 1 saturated heterocycles. The molecule has 2 aliphatic heterocycles. The van der Waals surface area contributed by atoms with Crippen LogP contribution in [0.5, 0.6) is 0 Å². The van der Waals surface area contributed by atoms with Gasteiger partial charge < -0.3 is 30.9 Å². The summed E-state index contributed by atoms with van der Waals surface area (Å²) in [6, 6.07) is 4.50. The van der Waals surface area contributed by atoms with E-state index in [1.54, 1.807) is 12.4 Å². The summed E-state index contributed by atoms with van der Waals surface area (Å²) in [4.78, 5) is 62.7. The van der Waals surface area contributed by atoms with E-state index in [-0.39, 0.29) is 33.2 Å². The van der Waals surface area contributed by atoms with E-state index in [0.29, 0.717) is 5.57 Å². The minimum atomic E-state index is -1.51. The van der Waals surface area contributed by atoms with Crippen LogP contribution in [0.2, 0.25) is 4.34 Å². The lowest BCUT2D eigenvalue weighted by Gasteiger charge is -2.50. The molecular weight excluding hydrogens is 586 g/mol. The first-order valence-electron chi connectivity index (χ1n) is 11.6. The van der Waals surface area contributed by atoms with Gasteiger partial charge in [-0.2, -0.15) is 0 Å². The molecule has 14 nitrogen and oxygen atoms in total. The van der Waals surface area contributed by atoms with Crippen molar-refractivity contribution >= 4 is 80.3 Å². The van der Waals surface area contributed by atoms with Gasteiger partial charge in [-0.3, -0.25) is 14.5 Å². The number of thiazole rings is 1. The number of rotatable bonds is 9. The molecule has 2 aliphatic rings. The fraction of sp³-hybridized carbons (Fsp3) is 0.261. The molecule has 0 radical (unpaired) electrons. The number of aromatic amines is 1. The third kappa shape index (κ3) is 4.96. The zero-order chi connectivity index (χ0) is 28.7. The summed E-state index contributed by atoms with van der Waals surface area (Å²) in [6.07, 6.45) is 2.16. The molecule has 0 saturated carbocycles. The predicted molar refractivity (Wildman–Crippen MR) is 142 cm³/mol. The monoisotopic (exact) mass is 605 g/mol. The molecule has 3 atom stereocenters. The number of carbonyl (C=O) groups excluding carboxylic acids is 3. The second kappa shape index (κ2) is 10.8. The number of aromatic nitrogens is 3. The van der Waals surface area contributed by atoms with Crippen molar-refractivity contribution in [3.8, 4) is 0 Å². The average Bonchev–Trinajstić information content (AvgIpc) is 3.53. The van der Waals surface area contributed by atoms with Crippen LogP contribution in [0, 0.1) is 0 Å². The van der Waals surface area contributed by atoms with Gasteiger partial charge in [0.25, 0.3) is 17.5 Å². The molecule has 3 aromatic rings. The quantitative estimate of drug-likeness (QED) is 0.106. The number of fused-ring (bicyclic) bond motifs is 2. The van der Waals surface area contributed by atoms with Gasteiger partial charge in [-0.1, -0.05) is 28.1 Å². The van der Waals surface area contributed by atoms with Crippen molar-refractivity contribution in [2.75, 3.05) is 11.5 Å². The van der Waals surface area contributed by atoms with Crippen molar-refractivity contribution in [1.29, 1.82) is 0 Å². The van der Waals surface area contributed by atoms with Crippen LogP contribution in [-0.4, -0.2) is 72.7 Å². The van der Waals surface area contributed by atoms with Crippen molar-refractivity contribution in [3.63, 3.8) is 0 Å². The fourth-order valence-corrected chi connectivity index (χ4v) is 6.52. The Kier molecular flexibility index (Phi) is 7.39. The highest BCUT2D eigenvalue weighted by Crippen LogP contribution is 2.40. The largest absolute Gasteiger partial charge is 0.543 e. The molecule has 2 amide bonds. The molecule has 3 aromatic heterocycles. The summed E-state index contributed by atoms with van der Waals surface area (Å²) in [5.74, 6) is -4.21. The van der Waals surface area contributed by atoms with Crippen LogP contribution in [0.4, 0.5) is 5.13 Å². The maximum atomic E-state index is 13.2. The van der Waals surface area contributed by atoms with Crippen LogP contribution in [0.15, 0.2) is 47.0 Å². The van der Waals surface area contributed by atoms with Gasteiger partial charge in [0, 0.05) is 11.3 Å². The first kappa shape index (κ1) is 27.4. The molecule has 1 unspecified atom stereocenters. The van der Waals surface area contributed by atoms with Gasteiger partial charge in [-0.15, -0.1) is 11.8 Å². The van der Waals surface area contributed by atoms with Crippen molar-refractivity contribution in [3.05, 3.63) is 51.9 Å². The summed E-state index contributed by atoms with van der Waals surface area (Å²) in [5, 5.41) is 27.6. The van der Waals surface area contributed by atoms with E-state index in [9.17, 15) is 24.3 Å². The van der Waals surface area contributed by atoms with E-state index in [2.05, 4.69) is 20.4 Å². The summed E-state index contributed by atoms with van der Waals surface area (Å²) >= 11 is 8.26. The molecule has 17 heteroatoms. The molecule has 5 N–H and O–H groups in total. The van der Waals surface area contributed by atoms with Crippen LogP contribution in [0.1, 0.15) is 12.6 Å². The number of nitrogen functional groups attached to an aromatic ring is 1. The van der Waals surface area contributed by atoms with Crippen molar-refractivity contribution in [2.24, 2.45) is 5.16 Å². The minimum absolute atomic E-state index is 0.00650. The Morgan fingerprint density at radius 3 is 2.90 bits per heavy atom. The third-order valence-corrected chi connectivity index (χ3v) is 8.59. The first-order valence-corrected chi connectivity index (χ1v) is 13.8. The van der Waals surface area contributed by atoms with Crippen LogP contribution in [0.3, 0.4) is 0 Å². The van der Waals surface area contributed by atoms with E-state index < -0.39 is 47.0 Å². The third-order valence-electron chi connectivity index (χ3n) is 6.17. The second-order valence-electron chi connectivity index (χ2n) is 8.72. The van der Waals surface area contributed by atoms with Crippen LogP contribution < -0.4 is 20.7 Å². The molecular formula is C23H20ClN7O7S2. The number of halogens is 1. The number of amides is 2. The number of nitrogens with two attached hydrogens (primary N) is 1. The highest BCUT2D eigenvalue weighted by molar-refractivity contribution is 8.00. The Balaban J connectivity index is 1.38. The van der Waals surface area contributed by atoms with E-state index in [0.717, 1.165) is 27.3 Å². The highest BCUT2D eigenvalue weighted by Gasteiger charge is 2.53. The zero-order valence-electron chi connectivity index (χ0n) is 20.5. The van der Waals surface area contributed by atoms with E-state index >= 15 is 0 Å². The topological polar surface area (TPSA) is 207 Å². The number of H-pyrrole nitrogens is 1. The lowest BCUT2D eigenvalue weighted by atomic mass is 10.0. The smallest absolute Gasteiger partial charge is 0.347 e. The van der Waals surface area contributed by atoms with Gasteiger partial charge in [0.15, 0.2) is 10.8 Å². The van der Waals surface area contributed by atoms with Gasteiger partial charge in [0.1, 0.15) is 28.0 Å². The molecule has 5 heterocycles. The normalized spacial score (nSPS) is 19.7.